The van der Waals surface area contributed by atoms with E-state index in [1.54, 1.807) is 0 Å². The second-order valence-corrected chi connectivity index (χ2v) is 5.38. The van der Waals surface area contributed by atoms with E-state index in [0.717, 1.165) is 36.2 Å². The standard InChI is InChI=1S/C13H19BrClNO/c1-2-12(15)7-8-16-9-10-17-13-5-3-11(14)4-6-13/h3-6,12,16H,2,7-10H2,1H3. The molecule has 4 heteroatoms. The van der Waals surface area contributed by atoms with Crippen LogP contribution in [0.1, 0.15) is 19.8 Å². The van der Waals surface area contributed by atoms with Crippen molar-refractivity contribution in [2.24, 2.45) is 0 Å². The van der Waals surface area contributed by atoms with Crippen molar-refractivity contribution in [2.75, 3.05) is 19.7 Å². The maximum absolute atomic E-state index is 6.01. The van der Waals surface area contributed by atoms with Gasteiger partial charge in [0.1, 0.15) is 12.4 Å². The Labute approximate surface area is 117 Å². The minimum Gasteiger partial charge on any atom is -0.492 e. The Hall–Kier alpha value is -0.250. The van der Waals surface area contributed by atoms with Crippen molar-refractivity contribution in [1.82, 2.24) is 5.32 Å². The van der Waals surface area contributed by atoms with Crippen molar-refractivity contribution in [3.63, 3.8) is 0 Å². The van der Waals surface area contributed by atoms with Gasteiger partial charge < -0.3 is 10.1 Å². The van der Waals surface area contributed by atoms with Gasteiger partial charge in [-0.25, -0.2) is 0 Å². The Bertz CT molecular complexity index is 305. The van der Waals surface area contributed by atoms with Gasteiger partial charge in [-0.15, -0.1) is 11.6 Å². The van der Waals surface area contributed by atoms with Crippen LogP contribution in [0.2, 0.25) is 0 Å². The summed E-state index contributed by atoms with van der Waals surface area (Å²) >= 11 is 9.40. The molecule has 0 saturated carbocycles. The summed E-state index contributed by atoms with van der Waals surface area (Å²) in [5, 5.41) is 3.60. The molecule has 1 atom stereocenters. The lowest BCUT2D eigenvalue weighted by Crippen LogP contribution is -2.23. The number of nitrogens with one attached hydrogen (secondary N) is 1. The largest absolute Gasteiger partial charge is 0.492 e. The highest BCUT2D eigenvalue weighted by molar-refractivity contribution is 9.10. The smallest absolute Gasteiger partial charge is 0.119 e. The van der Waals surface area contributed by atoms with E-state index < -0.39 is 0 Å². The molecule has 0 amide bonds. The SMILES string of the molecule is CCC(Cl)CCNCCOc1ccc(Br)cc1. The molecule has 0 aliphatic heterocycles. The van der Waals surface area contributed by atoms with Gasteiger partial charge in [0.15, 0.2) is 0 Å². The minimum absolute atomic E-state index is 0.287. The van der Waals surface area contributed by atoms with Crippen molar-refractivity contribution in [2.45, 2.75) is 25.1 Å². The number of alkyl halides is 1. The van der Waals surface area contributed by atoms with E-state index in [0.29, 0.717) is 6.61 Å². The van der Waals surface area contributed by atoms with Crippen molar-refractivity contribution >= 4 is 27.5 Å². The zero-order valence-corrected chi connectivity index (χ0v) is 12.4. The van der Waals surface area contributed by atoms with Crippen LogP contribution in [0.4, 0.5) is 0 Å². The Morgan fingerprint density at radius 3 is 2.65 bits per heavy atom. The van der Waals surface area contributed by atoms with Crippen LogP contribution in [-0.4, -0.2) is 25.1 Å². The summed E-state index contributed by atoms with van der Waals surface area (Å²) in [6.45, 7) is 4.59. The number of halogens is 2. The van der Waals surface area contributed by atoms with Gasteiger partial charge in [0.25, 0.3) is 0 Å². The molecule has 0 aliphatic carbocycles. The Morgan fingerprint density at radius 2 is 2.00 bits per heavy atom. The monoisotopic (exact) mass is 319 g/mol. The topological polar surface area (TPSA) is 21.3 Å². The molecule has 0 bridgehead atoms. The Kier molecular flexibility index (Phi) is 7.65. The van der Waals surface area contributed by atoms with Crippen LogP contribution in [0.25, 0.3) is 0 Å². The summed E-state index contributed by atoms with van der Waals surface area (Å²) in [4.78, 5) is 0. The third-order valence-corrected chi connectivity index (χ3v) is 3.49. The number of hydrogen-bond acceptors (Lipinski definition) is 2. The lowest BCUT2D eigenvalue weighted by molar-refractivity contribution is 0.313. The van der Waals surface area contributed by atoms with E-state index in [9.17, 15) is 0 Å². The fraction of sp³-hybridized carbons (Fsp3) is 0.538. The van der Waals surface area contributed by atoms with Gasteiger partial charge in [0.05, 0.1) is 0 Å². The maximum Gasteiger partial charge on any atom is 0.119 e. The van der Waals surface area contributed by atoms with Crippen LogP contribution < -0.4 is 10.1 Å². The molecule has 1 aromatic carbocycles. The van der Waals surface area contributed by atoms with Crippen LogP contribution >= 0.6 is 27.5 Å². The van der Waals surface area contributed by atoms with Crippen LogP contribution in [-0.2, 0) is 0 Å². The minimum atomic E-state index is 0.287. The number of benzene rings is 1. The summed E-state index contributed by atoms with van der Waals surface area (Å²) in [6, 6.07) is 7.86. The van der Waals surface area contributed by atoms with E-state index in [1.165, 1.54) is 0 Å². The summed E-state index contributed by atoms with van der Waals surface area (Å²) in [7, 11) is 0. The summed E-state index contributed by atoms with van der Waals surface area (Å²) in [6.07, 6.45) is 2.04. The molecule has 17 heavy (non-hydrogen) atoms. The molecule has 1 aromatic rings. The van der Waals surface area contributed by atoms with E-state index in [-0.39, 0.29) is 5.38 Å². The summed E-state index contributed by atoms with van der Waals surface area (Å²) < 4.78 is 6.64. The Morgan fingerprint density at radius 1 is 1.29 bits per heavy atom. The molecule has 96 valence electrons. The third-order valence-electron chi connectivity index (χ3n) is 2.44. The lowest BCUT2D eigenvalue weighted by Gasteiger charge is -2.09. The normalized spacial score (nSPS) is 12.4. The van der Waals surface area contributed by atoms with Gasteiger partial charge >= 0.3 is 0 Å². The van der Waals surface area contributed by atoms with Gasteiger partial charge in [-0.05, 0) is 43.7 Å². The molecule has 1 N–H and O–H groups in total. The van der Waals surface area contributed by atoms with Gasteiger partial charge in [0.2, 0.25) is 0 Å². The fourth-order valence-electron chi connectivity index (χ4n) is 1.36. The quantitative estimate of drug-likeness (QED) is 0.581. The molecule has 0 spiro atoms. The Balaban J connectivity index is 2.02. The van der Waals surface area contributed by atoms with Crippen LogP contribution in [0, 0.1) is 0 Å². The van der Waals surface area contributed by atoms with E-state index >= 15 is 0 Å². The first kappa shape index (κ1) is 14.8. The summed E-state index contributed by atoms with van der Waals surface area (Å²) in [5.41, 5.74) is 0. The second-order valence-electron chi connectivity index (χ2n) is 3.85. The molecular formula is C13H19BrClNO. The highest BCUT2D eigenvalue weighted by Crippen LogP contribution is 2.15. The number of ether oxygens (including phenoxy) is 1. The zero-order chi connectivity index (χ0) is 12.5. The predicted molar refractivity (Wildman–Crippen MR) is 77.1 cm³/mol. The maximum atomic E-state index is 6.01. The van der Waals surface area contributed by atoms with Gasteiger partial charge in [-0.3, -0.25) is 0 Å². The van der Waals surface area contributed by atoms with Crippen molar-refractivity contribution in [3.05, 3.63) is 28.7 Å². The molecule has 0 heterocycles. The molecule has 0 fully saturated rings. The van der Waals surface area contributed by atoms with Gasteiger partial charge in [0, 0.05) is 16.4 Å². The second kappa shape index (κ2) is 8.78. The zero-order valence-electron chi connectivity index (χ0n) is 10.1. The molecule has 1 unspecified atom stereocenters. The van der Waals surface area contributed by atoms with Crippen LogP contribution in [0.3, 0.4) is 0 Å². The predicted octanol–water partition coefficient (Wildman–Crippen LogP) is 3.83. The lowest BCUT2D eigenvalue weighted by atomic mass is 10.2. The summed E-state index contributed by atoms with van der Waals surface area (Å²) in [5.74, 6) is 0.902. The number of hydrogen-bond donors (Lipinski definition) is 1. The first-order valence-electron chi connectivity index (χ1n) is 5.95. The highest BCUT2D eigenvalue weighted by Gasteiger charge is 1.99. The number of rotatable bonds is 8. The molecule has 0 radical (unpaired) electrons. The average molecular weight is 321 g/mol. The first-order valence-corrected chi connectivity index (χ1v) is 7.18. The third kappa shape index (κ3) is 6.92. The van der Waals surface area contributed by atoms with Crippen LogP contribution in [0.5, 0.6) is 5.75 Å². The van der Waals surface area contributed by atoms with E-state index in [1.807, 2.05) is 24.3 Å². The highest BCUT2D eigenvalue weighted by atomic mass is 79.9. The first-order chi connectivity index (χ1) is 8.22. The molecular weight excluding hydrogens is 302 g/mol. The van der Waals surface area contributed by atoms with Crippen molar-refractivity contribution in [3.8, 4) is 5.75 Å². The van der Waals surface area contributed by atoms with E-state index in [4.69, 9.17) is 16.3 Å². The fourth-order valence-corrected chi connectivity index (χ4v) is 1.73. The van der Waals surface area contributed by atoms with Gasteiger partial charge in [-0.2, -0.15) is 0 Å². The van der Waals surface area contributed by atoms with Crippen LogP contribution in [0.15, 0.2) is 28.7 Å². The van der Waals surface area contributed by atoms with Crippen molar-refractivity contribution in [1.29, 1.82) is 0 Å². The molecule has 0 aromatic heterocycles. The van der Waals surface area contributed by atoms with Crippen molar-refractivity contribution < 1.29 is 4.74 Å². The average Bonchev–Trinajstić information content (AvgIpc) is 2.35. The molecule has 1 rings (SSSR count). The molecule has 0 saturated heterocycles. The van der Waals surface area contributed by atoms with E-state index in [2.05, 4.69) is 28.2 Å². The molecule has 0 aliphatic rings. The van der Waals surface area contributed by atoms with Gasteiger partial charge in [-0.1, -0.05) is 22.9 Å². The molecule has 2 nitrogen and oxygen atoms in total.